The largest absolute Gasteiger partial charge is 0.387 e. The number of aliphatic hydroxyl groups excluding tert-OH is 1. The van der Waals surface area contributed by atoms with Crippen molar-refractivity contribution in [2.45, 2.75) is 45.8 Å². The van der Waals surface area contributed by atoms with Gasteiger partial charge in [-0.2, -0.15) is 4.98 Å². The summed E-state index contributed by atoms with van der Waals surface area (Å²) < 4.78 is 6.69. The highest BCUT2D eigenvalue weighted by atomic mass is 16.5. The minimum atomic E-state index is -0.574. The predicted octanol–water partition coefficient (Wildman–Crippen LogP) is 1.28. The van der Waals surface area contributed by atoms with Crippen LogP contribution in [0.5, 0.6) is 0 Å². The number of hydrogen-bond donors (Lipinski definition) is 1. The lowest BCUT2D eigenvalue weighted by Crippen LogP contribution is -2.02. The van der Waals surface area contributed by atoms with Crippen molar-refractivity contribution >= 4 is 0 Å². The fraction of sp³-hybridized carbons (Fsp3) is 0.636. The van der Waals surface area contributed by atoms with Gasteiger partial charge in [0.1, 0.15) is 12.2 Å². The summed E-state index contributed by atoms with van der Waals surface area (Å²) in [6.45, 7) is 6.25. The van der Waals surface area contributed by atoms with Crippen LogP contribution in [0.4, 0.5) is 0 Å². The molecule has 1 unspecified atom stereocenters. The molecule has 0 fully saturated rings. The van der Waals surface area contributed by atoms with Gasteiger partial charge in [-0.15, -0.1) is 5.10 Å². The molecule has 0 spiro atoms. The van der Waals surface area contributed by atoms with Crippen LogP contribution < -0.4 is 0 Å². The van der Waals surface area contributed by atoms with Crippen molar-refractivity contribution in [2.24, 2.45) is 0 Å². The quantitative estimate of drug-likeness (QED) is 0.860. The molecule has 1 atom stereocenters. The molecule has 0 aliphatic carbocycles. The van der Waals surface area contributed by atoms with E-state index < -0.39 is 6.10 Å². The molecule has 7 heteroatoms. The first-order chi connectivity index (χ1) is 8.60. The number of nitrogens with zero attached hydrogens (tertiary/aromatic N) is 5. The second kappa shape index (κ2) is 5.26. The molecular weight excluding hydrogens is 234 g/mol. The summed E-state index contributed by atoms with van der Waals surface area (Å²) >= 11 is 0. The zero-order valence-electron chi connectivity index (χ0n) is 10.7. The van der Waals surface area contributed by atoms with E-state index in [0.717, 1.165) is 0 Å². The van der Waals surface area contributed by atoms with Crippen LogP contribution in [-0.4, -0.2) is 30.2 Å². The Balaban J connectivity index is 2.06. The average molecular weight is 251 g/mol. The van der Waals surface area contributed by atoms with Crippen LogP contribution in [0, 0.1) is 0 Å². The first-order valence-corrected chi connectivity index (χ1v) is 6.00. The number of aromatic nitrogens is 5. The van der Waals surface area contributed by atoms with Gasteiger partial charge < -0.3 is 9.63 Å². The maximum absolute atomic E-state index is 9.62. The van der Waals surface area contributed by atoms with E-state index in [0.29, 0.717) is 30.4 Å². The molecule has 2 aromatic rings. The molecule has 7 nitrogen and oxygen atoms in total. The van der Waals surface area contributed by atoms with E-state index in [1.807, 2.05) is 20.8 Å². The predicted molar refractivity (Wildman–Crippen MR) is 62.8 cm³/mol. The molecule has 1 N–H and O–H groups in total. The smallest absolute Gasteiger partial charge is 0.229 e. The first kappa shape index (κ1) is 12.7. The third-order valence-electron chi connectivity index (χ3n) is 2.57. The van der Waals surface area contributed by atoms with Crippen LogP contribution in [0.3, 0.4) is 0 Å². The summed E-state index contributed by atoms with van der Waals surface area (Å²) in [5.41, 5.74) is 0.560. The van der Waals surface area contributed by atoms with E-state index in [9.17, 15) is 5.11 Å². The number of hydrogen-bond acceptors (Lipinski definition) is 6. The lowest BCUT2D eigenvalue weighted by atomic mass is 10.2. The van der Waals surface area contributed by atoms with Crippen LogP contribution in [0.25, 0.3) is 0 Å². The zero-order chi connectivity index (χ0) is 13.1. The second-order valence-electron chi connectivity index (χ2n) is 4.47. The van der Waals surface area contributed by atoms with Gasteiger partial charge in [0.05, 0.1) is 12.3 Å². The van der Waals surface area contributed by atoms with E-state index in [4.69, 9.17) is 4.52 Å². The molecule has 0 amide bonds. The van der Waals surface area contributed by atoms with Gasteiger partial charge in [-0.05, 0) is 6.42 Å². The van der Waals surface area contributed by atoms with Gasteiger partial charge in [0.15, 0.2) is 5.82 Å². The standard InChI is InChI=1S/C11H17N5O2/c1-4-9(17)8-5-16(15-13-8)6-10-12-11(7(2)3)18-14-10/h5,7,9,17H,4,6H2,1-3H3. The van der Waals surface area contributed by atoms with Crippen LogP contribution in [0.15, 0.2) is 10.7 Å². The van der Waals surface area contributed by atoms with Crippen molar-refractivity contribution in [3.8, 4) is 0 Å². The van der Waals surface area contributed by atoms with Crippen molar-refractivity contribution in [3.05, 3.63) is 23.6 Å². The summed E-state index contributed by atoms with van der Waals surface area (Å²) in [7, 11) is 0. The minimum absolute atomic E-state index is 0.208. The maximum atomic E-state index is 9.62. The molecule has 0 aliphatic heterocycles. The van der Waals surface area contributed by atoms with Crippen LogP contribution in [0.1, 0.15) is 56.6 Å². The van der Waals surface area contributed by atoms with E-state index in [1.165, 1.54) is 0 Å². The summed E-state index contributed by atoms with van der Waals surface area (Å²) in [5.74, 6) is 1.37. The van der Waals surface area contributed by atoms with Gasteiger partial charge >= 0.3 is 0 Å². The Kier molecular flexibility index (Phi) is 3.71. The molecule has 0 bridgehead atoms. The molecule has 0 radical (unpaired) electrons. The third-order valence-corrected chi connectivity index (χ3v) is 2.57. The summed E-state index contributed by atoms with van der Waals surface area (Å²) in [5, 5.41) is 21.3. The van der Waals surface area contributed by atoms with Crippen molar-refractivity contribution < 1.29 is 9.63 Å². The van der Waals surface area contributed by atoms with Gasteiger partial charge in [0.25, 0.3) is 0 Å². The van der Waals surface area contributed by atoms with Gasteiger partial charge in [-0.25, -0.2) is 4.68 Å². The van der Waals surface area contributed by atoms with Crippen molar-refractivity contribution in [3.63, 3.8) is 0 Å². The van der Waals surface area contributed by atoms with Crippen LogP contribution in [0.2, 0.25) is 0 Å². The third kappa shape index (κ3) is 2.73. The van der Waals surface area contributed by atoms with Gasteiger partial charge in [0.2, 0.25) is 5.89 Å². The maximum Gasteiger partial charge on any atom is 0.229 e. The molecule has 0 aromatic carbocycles. The summed E-state index contributed by atoms with van der Waals surface area (Å²) in [4.78, 5) is 4.25. The van der Waals surface area contributed by atoms with Crippen LogP contribution >= 0.6 is 0 Å². The Morgan fingerprint density at radius 3 is 2.83 bits per heavy atom. The van der Waals surface area contributed by atoms with Crippen molar-refractivity contribution in [2.75, 3.05) is 0 Å². The number of aliphatic hydroxyl groups is 1. The fourth-order valence-corrected chi connectivity index (χ4v) is 1.46. The van der Waals surface area contributed by atoms with E-state index >= 15 is 0 Å². The Hall–Kier alpha value is -1.76. The molecule has 18 heavy (non-hydrogen) atoms. The van der Waals surface area contributed by atoms with E-state index in [-0.39, 0.29) is 5.92 Å². The topological polar surface area (TPSA) is 89.9 Å². The Morgan fingerprint density at radius 2 is 2.22 bits per heavy atom. The SMILES string of the molecule is CCC(O)c1cn(Cc2noc(C(C)C)n2)nn1. The molecule has 2 rings (SSSR count). The lowest BCUT2D eigenvalue weighted by Gasteiger charge is -2.00. The molecular formula is C11H17N5O2. The van der Waals surface area contributed by atoms with Crippen molar-refractivity contribution in [1.29, 1.82) is 0 Å². The molecule has 98 valence electrons. The summed E-state index contributed by atoms with van der Waals surface area (Å²) in [6.07, 6.45) is 1.73. The minimum Gasteiger partial charge on any atom is -0.387 e. The zero-order valence-corrected chi connectivity index (χ0v) is 10.7. The molecule has 0 aliphatic rings. The first-order valence-electron chi connectivity index (χ1n) is 6.00. The fourth-order valence-electron chi connectivity index (χ4n) is 1.46. The normalized spacial score (nSPS) is 13.2. The monoisotopic (exact) mass is 251 g/mol. The Morgan fingerprint density at radius 1 is 1.44 bits per heavy atom. The number of rotatable bonds is 5. The lowest BCUT2D eigenvalue weighted by molar-refractivity contribution is 0.168. The molecule has 2 heterocycles. The van der Waals surface area contributed by atoms with E-state index in [2.05, 4.69) is 20.5 Å². The highest BCUT2D eigenvalue weighted by Crippen LogP contribution is 2.13. The molecule has 0 saturated heterocycles. The van der Waals surface area contributed by atoms with Gasteiger partial charge in [-0.3, -0.25) is 0 Å². The van der Waals surface area contributed by atoms with Crippen LogP contribution in [-0.2, 0) is 6.54 Å². The van der Waals surface area contributed by atoms with Crippen molar-refractivity contribution in [1.82, 2.24) is 25.1 Å². The van der Waals surface area contributed by atoms with Gasteiger partial charge in [-0.1, -0.05) is 31.1 Å². The molecule has 2 aromatic heterocycles. The highest BCUT2D eigenvalue weighted by molar-refractivity contribution is 4.98. The summed E-state index contributed by atoms with van der Waals surface area (Å²) in [6, 6.07) is 0. The average Bonchev–Trinajstić information content (AvgIpc) is 2.98. The Bertz CT molecular complexity index is 505. The van der Waals surface area contributed by atoms with Gasteiger partial charge in [0, 0.05) is 5.92 Å². The second-order valence-corrected chi connectivity index (χ2v) is 4.47. The van der Waals surface area contributed by atoms with E-state index in [1.54, 1.807) is 10.9 Å². The highest BCUT2D eigenvalue weighted by Gasteiger charge is 2.13. The molecule has 0 saturated carbocycles. The Labute approximate surface area is 105 Å².